The molecule has 1 aliphatic heterocycles. The van der Waals surface area contributed by atoms with Crippen molar-refractivity contribution >= 4 is 5.69 Å². The molecule has 1 aromatic carbocycles. The van der Waals surface area contributed by atoms with Crippen LogP contribution in [0.1, 0.15) is 6.42 Å². The molecule has 1 aromatic rings. The standard InChI is InChI=1S/C12H17NO2/c1-14-12-4-2-11(3-5-12)13-8-10-6-7-15-9-10/h2-5,10,13H,6-9H2,1H3. The Bertz CT molecular complexity index is 291. The molecule has 0 bridgehead atoms. The molecule has 0 aliphatic carbocycles. The molecule has 3 nitrogen and oxygen atoms in total. The van der Waals surface area contributed by atoms with Gasteiger partial charge in [-0.2, -0.15) is 0 Å². The molecule has 3 heteroatoms. The third-order valence-corrected chi connectivity index (χ3v) is 2.71. The average molecular weight is 207 g/mol. The molecule has 1 heterocycles. The average Bonchev–Trinajstić information content (AvgIpc) is 2.80. The van der Waals surface area contributed by atoms with Gasteiger partial charge in [0.15, 0.2) is 0 Å². The van der Waals surface area contributed by atoms with E-state index in [0.717, 1.165) is 31.2 Å². The predicted octanol–water partition coefficient (Wildman–Crippen LogP) is 2.14. The maximum Gasteiger partial charge on any atom is 0.119 e. The first-order valence-electron chi connectivity index (χ1n) is 5.34. The van der Waals surface area contributed by atoms with Crippen molar-refractivity contribution in [1.82, 2.24) is 0 Å². The van der Waals surface area contributed by atoms with Crippen LogP contribution in [0.25, 0.3) is 0 Å². The third-order valence-electron chi connectivity index (χ3n) is 2.71. The molecular weight excluding hydrogens is 190 g/mol. The highest BCUT2D eigenvalue weighted by atomic mass is 16.5. The zero-order chi connectivity index (χ0) is 10.5. The zero-order valence-electron chi connectivity index (χ0n) is 9.03. The normalized spacial score (nSPS) is 20.2. The largest absolute Gasteiger partial charge is 0.497 e. The molecule has 1 N–H and O–H groups in total. The fourth-order valence-electron chi connectivity index (χ4n) is 1.72. The van der Waals surface area contributed by atoms with E-state index in [9.17, 15) is 0 Å². The monoisotopic (exact) mass is 207 g/mol. The molecule has 0 radical (unpaired) electrons. The molecule has 15 heavy (non-hydrogen) atoms. The minimum absolute atomic E-state index is 0.659. The van der Waals surface area contributed by atoms with Gasteiger partial charge in [-0.05, 0) is 30.7 Å². The molecule has 1 aliphatic rings. The highest BCUT2D eigenvalue weighted by molar-refractivity contribution is 5.46. The van der Waals surface area contributed by atoms with E-state index in [1.165, 1.54) is 6.42 Å². The summed E-state index contributed by atoms with van der Waals surface area (Å²) in [5.41, 5.74) is 1.14. The molecule has 0 spiro atoms. The van der Waals surface area contributed by atoms with Crippen LogP contribution in [0, 0.1) is 5.92 Å². The molecule has 0 aromatic heterocycles. The van der Waals surface area contributed by atoms with Crippen molar-refractivity contribution < 1.29 is 9.47 Å². The van der Waals surface area contributed by atoms with Crippen LogP contribution in [0.2, 0.25) is 0 Å². The Morgan fingerprint density at radius 2 is 2.20 bits per heavy atom. The molecule has 1 fully saturated rings. The lowest BCUT2D eigenvalue weighted by Crippen LogP contribution is -2.13. The first kappa shape index (κ1) is 10.3. The second kappa shape index (κ2) is 5.03. The highest BCUT2D eigenvalue weighted by Crippen LogP contribution is 2.17. The summed E-state index contributed by atoms with van der Waals surface area (Å²) in [4.78, 5) is 0. The van der Waals surface area contributed by atoms with Crippen molar-refractivity contribution in [1.29, 1.82) is 0 Å². The highest BCUT2D eigenvalue weighted by Gasteiger charge is 2.14. The van der Waals surface area contributed by atoms with Gasteiger partial charge in [0, 0.05) is 24.8 Å². The summed E-state index contributed by atoms with van der Waals surface area (Å²) in [5.74, 6) is 1.55. The molecule has 82 valence electrons. The van der Waals surface area contributed by atoms with Crippen LogP contribution in [0.15, 0.2) is 24.3 Å². The van der Waals surface area contributed by atoms with Crippen LogP contribution in [0.3, 0.4) is 0 Å². The van der Waals surface area contributed by atoms with Crippen molar-refractivity contribution in [3.05, 3.63) is 24.3 Å². The number of rotatable bonds is 4. The summed E-state index contributed by atoms with van der Waals surface area (Å²) in [6, 6.07) is 8.00. The molecular formula is C12H17NO2. The number of nitrogens with one attached hydrogen (secondary N) is 1. The summed E-state index contributed by atoms with van der Waals surface area (Å²) in [7, 11) is 1.68. The van der Waals surface area contributed by atoms with Crippen molar-refractivity contribution in [2.75, 3.05) is 32.2 Å². The fraction of sp³-hybridized carbons (Fsp3) is 0.500. The van der Waals surface area contributed by atoms with E-state index in [2.05, 4.69) is 5.32 Å². The van der Waals surface area contributed by atoms with Gasteiger partial charge < -0.3 is 14.8 Å². The Morgan fingerprint density at radius 1 is 1.40 bits per heavy atom. The number of hydrogen-bond donors (Lipinski definition) is 1. The number of anilines is 1. The number of methoxy groups -OCH3 is 1. The van der Waals surface area contributed by atoms with E-state index < -0.39 is 0 Å². The first-order chi connectivity index (χ1) is 7.38. The summed E-state index contributed by atoms with van der Waals surface area (Å²) in [6.45, 7) is 2.80. The number of ether oxygens (including phenoxy) is 2. The lowest BCUT2D eigenvalue weighted by atomic mass is 10.1. The van der Waals surface area contributed by atoms with Gasteiger partial charge in [0.25, 0.3) is 0 Å². The quantitative estimate of drug-likeness (QED) is 0.820. The maximum absolute atomic E-state index is 5.32. The van der Waals surface area contributed by atoms with Crippen LogP contribution < -0.4 is 10.1 Å². The van der Waals surface area contributed by atoms with E-state index in [-0.39, 0.29) is 0 Å². The molecule has 1 saturated heterocycles. The van der Waals surface area contributed by atoms with Gasteiger partial charge >= 0.3 is 0 Å². The van der Waals surface area contributed by atoms with Gasteiger partial charge in [0.2, 0.25) is 0 Å². The number of benzene rings is 1. The van der Waals surface area contributed by atoms with Crippen molar-refractivity contribution in [2.24, 2.45) is 5.92 Å². The summed E-state index contributed by atoms with van der Waals surface area (Å²) < 4.78 is 10.4. The van der Waals surface area contributed by atoms with Crippen molar-refractivity contribution in [2.45, 2.75) is 6.42 Å². The Morgan fingerprint density at radius 3 is 2.80 bits per heavy atom. The summed E-state index contributed by atoms with van der Waals surface area (Å²) in [6.07, 6.45) is 1.17. The van der Waals surface area contributed by atoms with Crippen LogP contribution in [0.5, 0.6) is 5.75 Å². The Kier molecular flexibility index (Phi) is 3.45. The van der Waals surface area contributed by atoms with E-state index in [0.29, 0.717) is 5.92 Å². The minimum Gasteiger partial charge on any atom is -0.497 e. The smallest absolute Gasteiger partial charge is 0.119 e. The second-order valence-electron chi connectivity index (χ2n) is 3.84. The Hall–Kier alpha value is -1.22. The van der Waals surface area contributed by atoms with Gasteiger partial charge in [-0.25, -0.2) is 0 Å². The van der Waals surface area contributed by atoms with Gasteiger partial charge in [-0.1, -0.05) is 0 Å². The third kappa shape index (κ3) is 2.86. The van der Waals surface area contributed by atoms with Crippen molar-refractivity contribution in [3.8, 4) is 5.75 Å². The molecule has 0 saturated carbocycles. The van der Waals surface area contributed by atoms with Gasteiger partial charge in [0.05, 0.1) is 13.7 Å². The molecule has 1 atom stereocenters. The van der Waals surface area contributed by atoms with E-state index >= 15 is 0 Å². The fourth-order valence-corrected chi connectivity index (χ4v) is 1.72. The van der Waals surface area contributed by atoms with Crippen LogP contribution in [0.4, 0.5) is 5.69 Å². The van der Waals surface area contributed by atoms with E-state index in [1.54, 1.807) is 7.11 Å². The summed E-state index contributed by atoms with van der Waals surface area (Å²) >= 11 is 0. The molecule has 1 unspecified atom stereocenters. The topological polar surface area (TPSA) is 30.5 Å². The van der Waals surface area contributed by atoms with Gasteiger partial charge in [-0.3, -0.25) is 0 Å². The molecule has 0 amide bonds. The van der Waals surface area contributed by atoms with Crippen LogP contribution in [-0.4, -0.2) is 26.9 Å². The van der Waals surface area contributed by atoms with Crippen LogP contribution in [-0.2, 0) is 4.74 Å². The maximum atomic E-state index is 5.32. The van der Waals surface area contributed by atoms with Gasteiger partial charge in [-0.15, -0.1) is 0 Å². The lowest BCUT2D eigenvalue weighted by molar-refractivity contribution is 0.187. The minimum atomic E-state index is 0.659. The Balaban J connectivity index is 1.82. The van der Waals surface area contributed by atoms with Gasteiger partial charge in [0.1, 0.15) is 5.75 Å². The molecule has 2 rings (SSSR count). The number of hydrogen-bond acceptors (Lipinski definition) is 3. The van der Waals surface area contributed by atoms with E-state index in [4.69, 9.17) is 9.47 Å². The van der Waals surface area contributed by atoms with Crippen molar-refractivity contribution in [3.63, 3.8) is 0 Å². The SMILES string of the molecule is COc1ccc(NCC2CCOC2)cc1. The second-order valence-corrected chi connectivity index (χ2v) is 3.84. The van der Waals surface area contributed by atoms with Crippen LogP contribution >= 0.6 is 0 Å². The lowest BCUT2D eigenvalue weighted by Gasteiger charge is -2.10. The predicted molar refractivity (Wildman–Crippen MR) is 60.4 cm³/mol. The van der Waals surface area contributed by atoms with E-state index in [1.807, 2.05) is 24.3 Å². The Labute approximate surface area is 90.4 Å². The summed E-state index contributed by atoms with van der Waals surface area (Å²) in [5, 5.41) is 3.40. The first-order valence-corrected chi connectivity index (χ1v) is 5.34. The zero-order valence-corrected chi connectivity index (χ0v) is 9.03.